The molecule has 2 aromatic heterocycles. The molecule has 0 radical (unpaired) electrons. The van der Waals surface area contributed by atoms with Crippen LogP contribution >= 0.6 is 0 Å². The highest BCUT2D eigenvalue weighted by Gasteiger charge is 2.43. The second kappa shape index (κ2) is 6.34. The topological polar surface area (TPSA) is 47.7 Å². The van der Waals surface area contributed by atoms with Crippen LogP contribution in [0.1, 0.15) is 25.0 Å². The van der Waals surface area contributed by atoms with Crippen molar-refractivity contribution < 1.29 is 13.9 Å². The molecule has 0 amide bonds. The van der Waals surface area contributed by atoms with Gasteiger partial charge in [0.1, 0.15) is 17.6 Å². The molecule has 122 valence electrons. The van der Waals surface area contributed by atoms with E-state index in [-0.39, 0.29) is 11.7 Å². The molecular formula is C18H22N2O3. The molecule has 5 nitrogen and oxygen atoms in total. The number of nitrogens with zero attached hydrogens (tertiary/aromatic N) is 2. The SMILES string of the molecule is c1cncc(O[C@@H]2COC3(CCN(Cc4ccco4)CC3)C2)c1. The lowest BCUT2D eigenvalue weighted by Gasteiger charge is -2.38. The van der Waals surface area contributed by atoms with Crippen LogP contribution in [0.2, 0.25) is 0 Å². The molecule has 2 fully saturated rings. The van der Waals surface area contributed by atoms with E-state index in [4.69, 9.17) is 13.9 Å². The lowest BCUT2D eigenvalue weighted by molar-refractivity contribution is -0.0463. The Morgan fingerprint density at radius 1 is 1.26 bits per heavy atom. The van der Waals surface area contributed by atoms with Crippen LogP contribution in [0.3, 0.4) is 0 Å². The van der Waals surface area contributed by atoms with Crippen molar-refractivity contribution in [2.24, 2.45) is 0 Å². The van der Waals surface area contributed by atoms with E-state index >= 15 is 0 Å². The van der Waals surface area contributed by atoms with Gasteiger partial charge in [0.25, 0.3) is 0 Å². The van der Waals surface area contributed by atoms with Gasteiger partial charge in [-0.3, -0.25) is 9.88 Å². The highest BCUT2D eigenvalue weighted by molar-refractivity contribution is 5.16. The van der Waals surface area contributed by atoms with Crippen molar-refractivity contribution in [2.75, 3.05) is 19.7 Å². The molecule has 0 unspecified atom stereocenters. The van der Waals surface area contributed by atoms with Gasteiger partial charge >= 0.3 is 0 Å². The first-order valence-electron chi connectivity index (χ1n) is 8.27. The quantitative estimate of drug-likeness (QED) is 0.868. The number of furan rings is 1. The van der Waals surface area contributed by atoms with Gasteiger partial charge in [-0.1, -0.05) is 0 Å². The van der Waals surface area contributed by atoms with Crippen molar-refractivity contribution in [1.29, 1.82) is 0 Å². The summed E-state index contributed by atoms with van der Waals surface area (Å²) in [6, 6.07) is 7.83. The standard InChI is InChI=1S/C18H22N2O3/c1-3-15(12-19-7-1)23-17-11-18(22-14-17)5-8-20(9-6-18)13-16-4-2-10-21-16/h1-4,7,10,12,17H,5-6,8-9,11,13-14H2/t17-/m0/s1. The summed E-state index contributed by atoms with van der Waals surface area (Å²) in [7, 11) is 0. The fraction of sp³-hybridized carbons (Fsp3) is 0.500. The second-order valence-electron chi connectivity index (χ2n) is 6.48. The Balaban J connectivity index is 1.29. The van der Waals surface area contributed by atoms with Crippen LogP contribution in [0.25, 0.3) is 0 Å². The zero-order valence-corrected chi connectivity index (χ0v) is 13.2. The molecule has 4 rings (SSSR count). The van der Waals surface area contributed by atoms with Gasteiger partial charge in [0.05, 0.1) is 31.2 Å². The highest BCUT2D eigenvalue weighted by Crippen LogP contribution is 2.37. The van der Waals surface area contributed by atoms with Crippen LogP contribution in [0.5, 0.6) is 5.75 Å². The number of aromatic nitrogens is 1. The van der Waals surface area contributed by atoms with Crippen molar-refractivity contribution in [1.82, 2.24) is 9.88 Å². The average molecular weight is 314 g/mol. The monoisotopic (exact) mass is 314 g/mol. The zero-order chi connectivity index (χ0) is 15.5. The lowest BCUT2D eigenvalue weighted by Crippen LogP contribution is -2.44. The molecule has 0 aromatic carbocycles. The van der Waals surface area contributed by atoms with Crippen LogP contribution in [0.15, 0.2) is 47.3 Å². The zero-order valence-electron chi connectivity index (χ0n) is 13.2. The second-order valence-corrected chi connectivity index (χ2v) is 6.48. The van der Waals surface area contributed by atoms with Crippen molar-refractivity contribution in [3.8, 4) is 5.75 Å². The molecule has 2 aliphatic rings. The van der Waals surface area contributed by atoms with Crippen molar-refractivity contribution in [2.45, 2.75) is 37.5 Å². The number of pyridine rings is 1. The summed E-state index contributed by atoms with van der Waals surface area (Å²) in [5, 5.41) is 0. The maximum atomic E-state index is 6.15. The Bertz CT molecular complexity index is 606. The summed E-state index contributed by atoms with van der Waals surface area (Å²) in [5.74, 6) is 1.86. The summed E-state index contributed by atoms with van der Waals surface area (Å²) in [6.07, 6.45) is 8.47. The number of hydrogen-bond donors (Lipinski definition) is 0. The van der Waals surface area contributed by atoms with Gasteiger partial charge < -0.3 is 13.9 Å². The van der Waals surface area contributed by atoms with Gasteiger partial charge in [-0.15, -0.1) is 0 Å². The Kier molecular flexibility index (Phi) is 4.06. The summed E-state index contributed by atoms with van der Waals surface area (Å²) >= 11 is 0. The Labute approximate surface area is 136 Å². The summed E-state index contributed by atoms with van der Waals surface area (Å²) in [5.41, 5.74) is -0.00740. The van der Waals surface area contributed by atoms with Gasteiger partial charge in [-0.2, -0.15) is 0 Å². The van der Waals surface area contributed by atoms with Gasteiger partial charge in [-0.25, -0.2) is 0 Å². The molecule has 0 saturated carbocycles. The van der Waals surface area contributed by atoms with Crippen LogP contribution in [0, 0.1) is 0 Å². The molecule has 2 saturated heterocycles. The molecule has 2 aliphatic heterocycles. The van der Waals surface area contributed by atoms with E-state index in [2.05, 4.69) is 9.88 Å². The largest absolute Gasteiger partial charge is 0.486 e. The van der Waals surface area contributed by atoms with Crippen molar-refractivity contribution in [3.05, 3.63) is 48.7 Å². The minimum absolute atomic E-state index is 0.00740. The molecule has 5 heteroatoms. The summed E-state index contributed by atoms with van der Waals surface area (Å²) < 4.78 is 17.6. The number of ether oxygens (including phenoxy) is 2. The first-order chi connectivity index (χ1) is 11.3. The smallest absolute Gasteiger partial charge is 0.138 e. The minimum atomic E-state index is -0.00740. The molecule has 0 aliphatic carbocycles. The van der Waals surface area contributed by atoms with Crippen LogP contribution < -0.4 is 4.74 Å². The van der Waals surface area contributed by atoms with Gasteiger partial charge in [0.15, 0.2) is 0 Å². The van der Waals surface area contributed by atoms with Crippen molar-refractivity contribution >= 4 is 0 Å². The molecule has 4 heterocycles. The Morgan fingerprint density at radius 3 is 2.91 bits per heavy atom. The first-order valence-corrected chi connectivity index (χ1v) is 8.27. The van der Waals surface area contributed by atoms with Gasteiger partial charge in [0.2, 0.25) is 0 Å². The van der Waals surface area contributed by atoms with E-state index in [0.717, 1.165) is 50.4 Å². The highest BCUT2D eigenvalue weighted by atomic mass is 16.6. The fourth-order valence-electron chi connectivity index (χ4n) is 3.58. The Morgan fingerprint density at radius 2 is 2.17 bits per heavy atom. The van der Waals surface area contributed by atoms with E-state index in [1.54, 1.807) is 18.7 Å². The van der Waals surface area contributed by atoms with E-state index in [1.807, 2.05) is 24.3 Å². The summed E-state index contributed by atoms with van der Waals surface area (Å²) in [6.45, 7) is 3.65. The third-order valence-electron chi connectivity index (χ3n) is 4.84. The van der Waals surface area contributed by atoms with E-state index < -0.39 is 0 Å². The fourth-order valence-corrected chi connectivity index (χ4v) is 3.58. The van der Waals surface area contributed by atoms with Crippen LogP contribution in [-0.4, -0.2) is 41.3 Å². The molecular weight excluding hydrogens is 292 g/mol. The molecule has 2 aromatic rings. The molecule has 0 bridgehead atoms. The van der Waals surface area contributed by atoms with E-state index in [0.29, 0.717) is 6.61 Å². The van der Waals surface area contributed by atoms with Gasteiger partial charge in [-0.05, 0) is 37.1 Å². The molecule has 0 N–H and O–H groups in total. The third-order valence-corrected chi connectivity index (χ3v) is 4.84. The normalized spacial score (nSPS) is 24.1. The lowest BCUT2D eigenvalue weighted by atomic mass is 9.88. The minimum Gasteiger partial charge on any atom is -0.486 e. The van der Waals surface area contributed by atoms with Crippen molar-refractivity contribution in [3.63, 3.8) is 0 Å². The van der Waals surface area contributed by atoms with E-state index in [9.17, 15) is 0 Å². The predicted octanol–water partition coefficient (Wildman–Crippen LogP) is 2.88. The Hall–Kier alpha value is -1.85. The molecule has 1 atom stereocenters. The number of likely N-dealkylation sites (tertiary alicyclic amines) is 1. The van der Waals surface area contributed by atoms with Crippen LogP contribution in [-0.2, 0) is 11.3 Å². The first kappa shape index (κ1) is 14.7. The number of rotatable bonds is 4. The van der Waals surface area contributed by atoms with Gasteiger partial charge in [0, 0.05) is 25.7 Å². The maximum Gasteiger partial charge on any atom is 0.138 e. The number of hydrogen-bond acceptors (Lipinski definition) is 5. The molecule has 1 spiro atoms. The summed E-state index contributed by atoms with van der Waals surface area (Å²) in [4.78, 5) is 6.53. The maximum absolute atomic E-state index is 6.15. The van der Waals surface area contributed by atoms with E-state index in [1.165, 1.54) is 0 Å². The predicted molar refractivity (Wildman–Crippen MR) is 85.2 cm³/mol. The number of piperidine rings is 1. The average Bonchev–Trinajstić information content (AvgIpc) is 3.22. The third kappa shape index (κ3) is 3.41. The molecule has 23 heavy (non-hydrogen) atoms. The van der Waals surface area contributed by atoms with Crippen LogP contribution in [0.4, 0.5) is 0 Å².